The van der Waals surface area contributed by atoms with Gasteiger partial charge >= 0.3 is 0 Å². The molecule has 1 aliphatic heterocycles. The summed E-state index contributed by atoms with van der Waals surface area (Å²) in [4.78, 5) is 14.8. The molecule has 1 aromatic rings. The highest BCUT2D eigenvalue weighted by Crippen LogP contribution is 2.21. The van der Waals surface area contributed by atoms with Gasteiger partial charge in [-0.1, -0.05) is 0 Å². The molecule has 0 spiro atoms. The second-order valence-corrected chi connectivity index (χ2v) is 6.05. The molecule has 2 N–H and O–H groups in total. The van der Waals surface area contributed by atoms with Crippen molar-refractivity contribution in [2.24, 2.45) is 5.73 Å². The first-order valence-electron chi connectivity index (χ1n) is 5.62. The van der Waals surface area contributed by atoms with Gasteiger partial charge in [-0.3, -0.25) is 4.79 Å². The Hall–Kier alpha value is -0.650. The van der Waals surface area contributed by atoms with Gasteiger partial charge < -0.3 is 10.6 Å². The zero-order valence-corrected chi connectivity index (χ0v) is 11.8. The van der Waals surface area contributed by atoms with E-state index < -0.39 is 0 Å². The molecule has 0 bridgehead atoms. The van der Waals surface area contributed by atoms with E-state index in [1.54, 1.807) is 17.4 Å². The molecule has 0 aromatic carbocycles. The number of rotatable bonds is 2. The summed E-state index contributed by atoms with van der Waals surface area (Å²) in [5.41, 5.74) is 5.85. The van der Waals surface area contributed by atoms with E-state index in [2.05, 4.69) is 15.9 Å². The first-order valence-corrected chi connectivity index (χ1v) is 7.29. The third-order valence-corrected chi connectivity index (χ3v) is 4.41. The average Bonchev–Trinajstić information content (AvgIpc) is 2.72. The Morgan fingerprint density at radius 3 is 3.12 bits per heavy atom. The Kier molecular flexibility index (Phi) is 4.36. The van der Waals surface area contributed by atoms with E-state index in [9.17, 15) is 4.79 Å². The number of hydrogen-bond donors (Lipinski definition) is 1. The van der Waals surface area contributed by atoms with Gasteiger partial charge in [0.2, 0.25) is 5.91 Å². The predicted molar refractivity (Wildman–Crippen MR) is 74.8 cm³/mol. The van der Waals surface area contributed by atoms with Gasteiger partial charge in [0.05, 0.1) is 0 Å². The van der Waals surface area contributed by atoms with Crippen LogP contribution < -0.4 is 5.73 Å². The highest BCUT2D eigenvalue weighted by atomic mass is 79.9. The molecular formula is C12H15BrN2OS. The molecule has 2 rings (SSSR count). The zero-order valence-electron chi connectivity index (χ0n) is 9.43. The van der Waals surface area contributed by atoms with Gasteiger partial charge in [-0.05, 0) is 40.9 Å². The number of hydrogen-bond acceptors (Lipinski definition) is 3. The van der Waals surface area contributed by atoms with Gasteiger partial charge in [-0.25, -0.2) is 0 Å². The quantitative estimate of drug-likeness (QED) is 0.852. The summed E-state index contributed by atoms with van der Waals surface area (Å²) >= 11 is 5.00. The molecule has 2 heterocycles. The van der Waals surface area contributed by atoms with Crippen molar-refractivity contribution in [1.82, 2.24) is 4.90 Å². The van der Waals surface area contributed by atoms with Crippen molar-refractivity contribution in [3.8, 4) is 0 Å². The molecule has 0 aliphatic carbocycles. The van der Waals surface area contributed by atoms with Crippen molar-refractivity contribution >= 4 is 39.2 Å². The van der Waals surface area contributed by atoms with Crippen LogP contribution in [0.1, 0.15) is 17.7 Å². The number of carbonyl (C=O) groups excluding carboxylic acids is 1. The van der Waals surface area contributed by atoms with Crippen molar-refractivity contribution in [3.05, 3.63) is 26.9 Å². The number of nitrogens with zero attached hydrogens (tertiary/aromatic N) is 1. The van der Waals surface area contributed by atoms with Crippen molar-refractivity contribution in [2.75, 3.05) is 13.1 Å². The molecule has 1 fully saturated rings. The Morgan fingerprint density at radius 2 is 2.47 bits per heavy atom. The number of likely N-dealkylation sites (tertiary alicyclic amines) is 1. The summed E-state index contributed by atoms with van der Waals surface area (Å²) in [5.74, 6) is 0.0599. The summed E-state index contributed by atoms with van der Waals surface area (Å²) in [7, 11) is 0. The number of halogens is 1. The minimum atomic E-state index is 0.0599. The fourth-order valence-electron chi connectivity index (χ4n) is 1.88. The molecule has 1 saturated heterocycles. The summed E-state index contributed by atoms with van der Waals surface area (Å²) in [6, 6.07) is 2.13. The van der Waals surface area contributed by atoms with Gasteiger partial charge in [0.15, 0.2) is 0 Å². The maximum atomic E-state index is 11.9. The van der Waals surface area contributed by atoms with E-state index in [1.165, 1.54) is 0 Å². The minimum absolute atomic E-state index is 0.0599. The summed E-state index contributed by atoms with van der Waals surface area (Å²) in [6.07, 6.45) is 5.52. The molecule has 92 valence electrons. The van der Waals surface area contributed by atoms with Crippen LogP contribution in [0.4, 0.5) is 0 Å². The van der Waals surface area contributed by atoms with Crippen LogP contribution in [0.3, 0.4) is 0 Å². The van der Waals surface area contributed by atoms with Gasteiger partial charge in [0.1, 0.15) is 0 Å². The van der Waals surface area contributed by atoms with Crippen molar-refractivity contribution < 1.29 is 4.79 Å². The van der Waals surface area contributed by atoms with Gasteiger partial charge in [0.25, 0.3) is 0 Å². The Morgan fingerprint density at radius 1 is 1.65 bits per heavy atom. The van der Waals surface area contributed by atoms with Gasteiger partial charge in [-0.2, -0.15) is 0 Å². The van der Waals surface area contributed by atoms with Crippen molar-refractivity contribution in [2.45, 2.75) is 18.9 Å². The lowest BCUT2D eigenvalue weighted by atomic mass is 10.1. The fraction of sp³-hybridized carbons (Fsp3) is 0.417. The maximum Gasteiger partial charge on any atom is 0.246 e. The van der Waals surface area contributed by atoms with Crippen LogP contribution in [0.25, 0.3) is 6.08 Å². The SMILES string of the molecule is NC1CCCN(C(=O)C=Cc2cc(Br)cs2)C1. The lowest BCUT2D eigenvalue weighted by Gasteiger charge is -2.29. The number of piperidine rings is 1. The Balaban J connectivity index is 1.94. The molecule has 1 atom stereocenters. The molecule has 1 unspecified atom stereocenters. The van der Waals surface area contributed by atoms with Crippen LogP contribution in [0.15, 0.2) is 22.0 Å². The molecule has 1 amide bonds. The number of amides is 1. The standard InChI is InChI=1S/C12H15BrN2OS/c13-9-6-11(17-8-9)3-4-12(16)15-5-1-2-10(14)7-15/h3-4,6,8,10H,1-2,5,7,14H2. The molecule has 5 heteroatoms. The predicted octanol–water partition coefficient (Wildman–Crippen LogP) is 2.47. The monoisotopic (exact) mass is 314 g/mol. The molecular weight excluding hydrogens is 300 g/mol. The lowest BCUT2D eigenvalue weighted by Crippen LogP contribution is -2.45. The third-order valence-electron chi connectivity index (χ3n) is 2.75. The molecule has 0 saturated carbocycles. The highest BCUT2D eigenvalue weighted by Gasteiger charge is 2.19. The van der Waals surface area contributed by atoms with Gasteiger partial charge in [-0.15, -0.1) is 11.3 Å². The molecule has 1 aliphatic rings. The second kappa shape index (κ2) is 5.80. The summed E-state index contributed by atoms with van der Waals surface area (Å²) in [5, 5.41) is 2.00. The topological polar surface area (TPSA) is 46.3 Å². The van der Waals surface area contributed by atoms with E-state index in [0.29, 0.717) is 6.54 Å². The third kappa shape index (κ3) is 3.66. The normalized spacial score (nSPS) is 21.1. The molecule has 3 nitrogen and oxygen atoms in total. The number of nitrogens with two attached hydrogens (primary N) is 1. The summed E-state index contributed by atoms with van der Waals surface area (Å²) < 4.78 is 1.05. The smallest absolute Gasteiger partial charge is 0.246 e. The van der Waals surface area contributed by atoms with Gasteiger partial charge in [0, 0.05) is 39.9 Å². The first-order chi connectivity index (χ1) is 8.15. The minimum Gasteiger partial charge on any atom is -0.338 e. The van der Waals surface area contributed by atoms with E-state index in [1.807, 2.05) is 22.4 Å². The van der Waals surface area contributed by atoms with Crippen LogP contribution in [-0.4, -0.2) is 29.9 Å². The Labute approximate surface area is 113 Å². The Bertz CT molecular complexity index is 430. The van der Waals surface area contributed by atoms with Crippen LogP contribution >= 0.6 is 27.3 Å². The maximum absolute atomic E-state index is 11.9. The van der Waals surface area contributed by atoms with Crippen LogP contribution in [-0.2, 0) is 4.79 Å². The molecule has 17 heavy (non-hydrogen) atoms. The van der Waals surface area contributed by atoms with E-state index in [4.69, 9.17) is 5.73 Å². The highest BCUT2D eigenvalue weighted by molar-refractivity contribution is 9.10. The summed E-state index contributed by atoms with van der Waals surface area (Å²) in [6.45, 7) is 1.50. The van der Waals surface area contributed by atoms with E-state index in [-0.39, 0.29) is 11.9 Å². The van der Waals surface area contributed by atoms with Crippen LogP contribution in [0.5, 0.6) is 0 Å². The lowest BCUT2D eigenvalue weighted by molar-refractivity contribution is -0.127. The van der Waals surface area contributed by atoms with Crippen molar-refractivity contribution in [1.29, 1.82) is 0 Å². The first kappa shape index (κ1) is 12.8. The van der Waals surface area contributed by atoms with Crippen molar-refractivity contribution in [3.63, 3.8) is 0 Å². The molecule has 0 radical (unpaired) electrons. The second-order valence-electron chi connectivity index (χ2n) is 4.19. The number of thiophene rings is 1. The zero-order chi connectivity index (χ0) is 12.3. The fourth-order valence-corrected chi connectivity index (χ4v) is 3.22. The van der Waals surface area contributed by atoms with Crippen LogP contribution in [0.2, 0.25) is 0 Å². The van der Waals surface area contributed by atoms with E-state index >= 15 is 0 Å². The number of carbonyl (C=O) groups is 1. The van der Waals surface area contributed by atoms with Crippen LogP contribution in [0, 0.1) is 0 Å². The largest absolute Gasteiger partial charge is 0.338 e. The molecule has 1 aromatic heterocycles. The average molecular weight is 315 g/mol. The van der Waals surface area contributed by atoms with E-state index in [0.717, 1.165) is 28.7 Å².